The molecule has 7 nitrogen and oxygen atoms in total. The predicted molar refractivity (Wildman–Crippen MR) is 97.7 cm³/mol. The van der Waals surface area contributed by atoms with Gasteiger partial charge in [0.15, 0.2) is 5.76 Å². The number of esters is 1. The number of carbonyl (C=O) groups is 2. The van der Waals surface area contributed by atoms with E-state index in [0.29, 0.717) is 22.5 Å². The van der Waals surface area contributed by atoms with Gasteiger partial charge in [-0.15, -0.1) is 11.3 Å². The number of nitrogens with zero attached hydrogens (tertiary/aromatic N) is 1. The molecule has 0 saturated heterocycles. The number of hydrogen-bond acceptors (Lipinski definition) is 7. The van der Waals surface area contributed by atoms with Crippen LogP contribution in [0, 0.1) is 6.92 Å². The van der Waals surface area contributed by atoms with Gasteiger partial charge in [0.25, 0.3) is 5.91 Å². The molecule has 136 valence electrons. The van der Waals surface area contributed by atoms with Gasteiger partial charge >= 0.3 is 5.97 Å². The summed E-state index contributed by atoms with van der Waals surface area (Å²) in [6.45, 7) is 4.15. The number of amides is 1. The van der Waals surface area contributed by atoms with Crippen molar-refractivity contribution in [3.05, 3.63) is 46.4 Å². The number of fused-ring (bicyclic) bond motifs is 1. The van der Waals surface area contributed by atoms with E-state index in [-0.39, 0.29) is 17.2 Å². The van der Waals surface area contributed by atoms with Crippen molar-refractivity contribution >= 4 is 39.1 Å². The summed E-state index contributed by atoms with van der Waals surface area (Å²) in [5.74, 6) is -0.817. The normalized spacial score (nSPS) is 10.9. The Morgan fingerprint density at radius 3 is 2.85 bits per heavy atom. The lowest BCUT2D eigenvalue weighted by Gasteiger charge is -2.09. The maximum atomic E-state index is 12.5. The summed E-state index contributed by atoms with van der Waals surface area (Å²) in [7, 11) is 1.58. The van der Waals surface area contributed by atoms with Gasteiger partial charge < -0.3 is 19.2 Å². The number of aromatic nitrogens is 1. The fourth-order valence-corrected chi connectivity index (χ4v) is 3.74. The number of anilines is 1. The van der Waals surface area contributed by atoms with Gasteiger partial charge in [-0.25, -0.2) is 9.78 Å². The molecule has 0 aliphatic carbocycles. The first kappa shape index (κ1) is 18.1. The number of carbonyl (C=O) groups excluding carboxylic acids is 2. The van der Waals surface area contributed by atoms with E-state index in [4.69, 9.17) is 13.9 Å². The number of rotatable bonds is 6. The van der Waals surface area contributed by atoms with Gasteiger partial charge in [0.1, 0.15) is 9.71 Å². The van der Waals surface area contributed by atoms with Crippen LogP contribution in [0.2, 0.25) is 0 Å². The maximum Gasteiger partial charge on any atom is 0.350 e. The zero-order chi connectivity index (χ0) is 18.7. The van der Waals surface area contributed by atoms with E-state index in [2.05, 4.69) is 10.3 Å². The molecule has 8 heteroatoms. The van der Waals surface area contributed by atoms with E-state index in [1.165, 1.54) is 17.6 Å². The summed E-state index contributed by atoms with van der Waals surface area (Å²) in [5.41, 5.74) is 1.99. The summed E-state index contributed by atoms with van der Waals surface area (Å²) in [5, 5.41) is 3.45. The summed E-state index contributed by atoms with van der Waals surface area (Å²) < 4.78 is 15.5. The van der Waals surface area contributed by atoms with Crippen LogP contribution in [0.15, 0.2) is 28.9 Å². The van der Waals surface area contributed by atoms with Gasteiger partial charge in [0, 0.05) is 18.2 Å². The van der Waals surface area contributed by atoms with Crippen LogP contribution in [-0.4, -0.2) is 30.6 Å². The molecule has 0 atom stereocenters. The van der Waals surface area contributed by atoms with E-state index in [1.54, 1.807) is 26.2 Å². The molecule has 0 aliphatic heterocycles. The minimum Gasteiger partial charge on any atom is -0.462 e. The Bertz CT molecular complexity index is 946. The number of pyridine rings is 1. The fraction of sp³-hybridized carbons (Fsp3) is 0.278. The van der Waals surface area contributed by atoms with E-state index in [0.717, 1.165) is 11.3 Å². The quantitative estimate of drug-likeness (QED) is 0.661. The smallest absolute Gasteiger partial charge is 0.350 e. The van der Waals surface area contributed by atoms with Gasteiger partial charge in [0.2, 0.25) is 0 Å². The molecule has 3 heterocycles. The number of methoxy groups -OCH3 is 1. The third-order valence-electron chi connectivity index (χ3n) is 3.62. The fourth-order valence-electron chi connectivity index (χ4n) is 2.62. The molecule has 3 aromatic heterocycles. The van der Waals surface area contributed by atoms with Gasteiger partial charge in [-0.2, -0.15) is 0 Å². The molecule has 0 unspecified atom stereocenters. The van der Waals surface area contributed by atoms with E-state index < -0.39 is 11.9 Å². The van der Waals surface area contributed by atoms with Crippen molar-refractivity contribution in [1.82, 2.24) is 4.98 Å². The number of hydrogen-bond donors (Lipinski definition) is 1. The van der Waals surface area contributed by atoms with Gasteiger partial charge in [-0.3, -0.25) is 4.79 Å². The lowest BCUT2D eigenvalue weighted by atomic mass is 10.1. The molecule has 0 aliphatic rings. The highest BCUT2D eigenvalue weighted by Gasteiger charge is 2.25. The van der Waals surface area contributed by atoms with Crippen molar-refractivity contribution in [2.24, 2.45) is 0 Å². The minimum atomic E-state index is -0.508. The summed E-state index contributed by atoms with van der Waals surface area (Å²) in [6.07, 6.45) is 1.41. The standard InChI is InChI=1S/C18H18N2O5S/c1-4-24-18(22)15-14(20-16(21)12-6-5-7-25-12)13-11(9-23-3)8-10(2)19-17(13)26-15/h5-8H,4,9H2,1-3H3,(H,20,21). The first-order valence-corrected chi connectivity index (χ1v) is 8.80. The first-order chi connectivity index (χ1) is 12.5. The molecule has 3 aromatic rings. The summed E-state index contributed by atoms with van der Waals surface area (Å²) in [4.78, 5) is 30.3. The molecule has 0 spiro atoms. The molecule has 0 fully saturated rings. The molecule has 3 rings (SSSR count). The Hall–Kier alpha value is -2.71. The van der Waals surface area contributed by atoms with Crippen molar-refractivity contribution in [3.8, 4) is 0 Å². The van der Waals surface area contributed by atoms with E-state index in [9.17, 15) is 9.59 Å². The highest BCUT2D eigenvalue weighted by Crippen LogP contribution is 2.38. The molecule has 0 radical (unpaired) electrons. The topological polar surface area (TPSA) is 90.7 Å². The molecule has 1 amide bonds. The Labute approximate surface area is 153 Å². The van der Waals surface area contributed by atoms with Crippen molar-refractivity contribution in [2.45, 2.75) is 20.5 Å². The van der Waals surface area contributed by atoms with Crippen LogP contribution >= 0.6 is 11.3 Å². The van der Waals surface area contributed by atoms with Gasteiger partial charge in [-0.05, 0) is 37.6 Å². The number of furan rings is 1. The van der Waals surface area contributed by atoms with Crippen LogP contribution in [0.3, 0.4) is 0 Å². The van der Waals surface area contributed by atoms with Crippen LogP contribution < -0.4 is 5.32 Å². The van der Waals surface area contributed by atoms with Crippen LogP contribution in [0.25, 0.3) is 10.2 Å². The summed E-state index contributed by atoms with van der Waals surface area (Å²) in [6, 6.07) is 5.04. The highest BCUT2D eigenvalue weighted by molar-refractivity contribution is 7.21. The highest BCUT2D eigenvalue weighted by atomic mass is 32.1. The second kappa shape index (κ2) is 7.67. The van der Waals surface area contributed by atoms with Crippen LogP contribution in [0.5, 0.6) is 0 Å². The molecule has 0 saturated carbocycles. The lowest BCUT2D eigenvalue weighted by molar-refractivity contribution is 0.0533. The van der Waals surface area contributed by atoms with Crippen LogP contribution in [-0.2, 0) is 16.1 Å². The number of aryl methyl sites for hydroxylation is 1. The molecular formula is C18H18N2O5S. The second-order valence-corrected chi connectivity index (χ2v) is 6.49. The van der Waals surface area contributed by atoms with Crippen molar-refractivity contribution in [2.75, 3.05) is 19.0 Å². The third-order valence-corrected chi connectivity index (χ3v) is 4.68. The van der Waals surface area contributed by atoms with Gasteiger partial charge in [0.05, 0.1) is 25.2 Å². The molecular weight excluding hydrogens is 356 g/mol. The number of thiophene rings is 1. The van der Waals surface area contributed by atoms with Crippen molar-refractivity contribution in [1.29, 1.82) is 0 Å². The SMILES string of the molecule is CCOC(=O)c1sc2nc(C)cc(COC)c2c1NC(=O)c1ccco1. The Morgan fingerprint density at radius 1 is 1.38 bits per heavy atom. The average molecular weight is 374 g/mol. The van der Waals surface area contributed by atoms with Crippen LogP contribution in [0.1, 0.15) is 38.4 Å². The molecule has 0 bridgehead atoms. The monoisotopic (exact) mass is 374 g/mol. The zero-order valence-corrected chi connectivity index (χ0v) is 15.4. The Kier molecular flexibility index (Phi) is 5.34. The number of ether oxygens (including phenoxy) is 2. The number of nitrogens with one attached hydrogen (secondary N) is 1. The molecule has 0 aromatic carbocycles. The Balaban J connectivity index is 2.16. The first-order valence-electron chi connectivity index (χ1n) is 7.99. The largest absolute Gasteiger partial charge is 0.462 e. The van der Waals surface area contributed by atoms with Crippen molar-refractivity contribution in [3.63, 3.8) is 0 Å². The lowest BCUT2D eigenvalue weighted by Crippen LogP contribution is -2.14. The van der Waals surface area contributed by atoms with E-state index >= 15 is 0 Å². The molecule has 26 heavy (non-hydrogen) atoms. The average Bonchev–Trinajstić information content (AvgIpc) is 3.23. The minimum absolute atomic E-state index is 0.146. The van der Waals surface area contributed by atoms with Gasteiger partial charge in [-0.1, -0.05) is 0 Å². The molecule has 1 N–H and O–H groups in total. The van der Waals surface area contributed by atoms with E-state index in [1.807, 2.05) is 13.0 Å². The van der Waals surface area contributed by atoms with Crippen LogP contribution in [0.4, 0.5) is 5.69 Å². The zero-order valence-electron chi connectivity index (χ0n) is 14.6. The second-order valence-electron chi connectivity index (χ2n) is 5.49. The third kappa shape index (κ3) is 3.47. The summed E-state index contributed by atoms with van der Waals surface area (Å²) >= 11 is 1.18. The maximum absolute atomic E-state index is 12.5. The van der Waals surface area contributed by atoms with Crippen molar-refractivity contribution < 1.29 is 23.5 Å². The predicted octanol–water partition coefficient (Wildman–Crippen LogP) is 3.77. The Morgan fingerprint density at radius 2 is 2.19 bits per heavy atom.